The quantitative estimate of drug-likeness (QED) is 0.743. The lowest BCUT2D eigenvalue weighted by atomic mass is 10.2. The van der Waals surface area contributed by atoms with Crippen LogP contribution in [0.1, 0.15) is 51.0 Å². The summed E-state index contributed by atoms with van der Waals surface area (Å²) in [5.74, 6) is 1.84. The maximum atomic E-state index is 4.54. The van der Waals surface area contributed by atoms with Crippen LogP contribution in [-0.4, -0.2) is 35.0 Å². The highest BCUT2D eigenvalue weighted by molar-refractivity contribution is 5.34. The van der Waals surface area contributed by atoms with E-state index in [-0.39, 0.29) is 0 Å². The van der Waals surface area contributed by atoms with Gasteiger partial charge in [-0.05, 0) is 32.9 Å². The topological polar surface area (TPSA) is 41.1 Å². The molecule has 0 aliphatic carbocycles. The lowest BCUT2D eigenvalue weighted by Gasteiger charge is -2.21. The van der Waals surface area contributed by atoms with Crippen molar-refractivity contribution in [3.05, 3.63) is 17.6 Å². The summed E-state index contributed by atoms with van der Waals surface area (Å²) >= 11 is 0. The number of nitrogens with one attached hydrogen (secondary N) is 1. The average Bonchev–Trinajstić information content (AvgIpc) is 2.41. The molecule has 1 aromatic heterocycles. The first-order valence-electron chi connectivity index (χ1n) is 7.44. The molecule has 1 rings (SSSR count). The van der Waals surface area contributed by atoms with E-state index in [0.29, 0.717) is 0 Å². The number of unbranched alkanes of at least 4 members (excludes halogenated alkanes) is 2. The fourth-order valence-electron chi connectivity index (χ4n) is 2.06. The van der Waals surface area contributed by atoms with Crippen molar-refractivity contribution in [1.29, 1.82) is 0 Å². The Morgan fingerprint density at radius 1 is 1.11 bits per heavy atom. The lowest BCUT2D eigenvalue weighted by Crippen LogP contribution is -2.26. The van der Waals surface area contributed by atoms with Crippen LogP contribution in [0.3, 0.4) is 0 Å². The van der Waals surface area contributed by atoms with Gasteiger partial charge in [0.15, 0.2) is 0 Å². The minimum absolute atomic E-state index is 0.857. The van der Waals surface area contributed by atoms with Gasteiger partial charge in [-0.25, -0.2) is 9.97 Å². The zero-order chi connectivity index (χ0) is 14.1. The first-order valence-corrected chi connectivity index (χ1v) is 7.44. The molecule has 0 atom stereocenters. The molecular formula is C15H28N4. The fraction of sp³-hybridized carbons (Fsp3) is 0.733. The molecule has 1 N–H and O–H groups in total. The molecule has 0 radical (unpaired) electrons. The van der Waals surface area contributed by atoms with Crippen LogP contribution in [-0.2, 0) is 6.54 Å². The van der Waals surface area contributed by atoms with Crippen LogP contribution in [0, 0.1) is 6.92 Å². The Kier molecular flexibility index (Phi) is 7.41. The highest BCUT2D eigenvalue weighted by Gasteiger charge is 2.08. The van der Waals surface area contributed by atoms with E-state index in [1.165, 1.54) is 25.7 Å². The Hall–Kier alpha value is -1.16. The summed E-state index contributed by atoms with van der Waals surface area (Å²) in [6.45, 7) is 9.64. The zero-order valence-corrected chi connectivity index (χ0v) is 12.9. The summed E-state index contributed by atoms with van der Waals surface area (Å²) in [5, 5.41) is 3.10. The Morgan fingerprint density at radius 2 is 1.74 bits per heavy atom. The molecule has 0 saturated heterocycles. The van der Waals surface area contributed by atoms with E-state index < -0.39 is 0 Å². The SMILES string of the molecule is CCCCN(CCCC)Cc1nc(C)cc(NC)n1. The van der Waals surface area contributed by atoms with E-state index in [0.717, 1.165) is 37.0 Å². The van der Waals surface area contributed by atoms with Gasteiger partial charge in [0.05, 0.1) is 6.54 Å². The molecule has 1 heterocycles. The molecule has 0 bridgehead atoms. The minimum Gasteiger partial charge on any atom is -0.373 e. The Morgan fingerprint density at radius 3 is 2.26 bits per heavy atom. The van der Waals surface area contributed by atoms with E-state index in [1.807, 2.05) is 20.0 Å². The second kappa shape index (κ2) is 8.86. The van der Waals surface area contributed by atoms with Gasteiger partial charge in [0.1, 0.15) is 11.6 Å². The average molecular weight is 264 g/mol. The van der Waals surface area contributed by atoms with Gasteiger partial charge in [0.25, 0.3) is 0 Å². The summed E-state index contributed by atoms with van der Waals surface area (Å²) in [5.41, 5.74) is 1.03. The molecule has 4 heteroatoms. The second-order valence-electron chi connectivity index (χ2n) is 5.04. The molecule has 0 aromatic carbocycles. The zero-order valence-electron chi connectivity index (χ0n) is 12.9. The number of anilines is 1. The number of nitrogens with zero attached hydrogens (tertiary/aromatic N) is 3. The van der Waals surface area contributed by atoms with Crippen LogP contribution in [0.5, 0.6) is 0 Å². The third-order valence-electron chi connectivity index (χ3n) is 3.18. The molecule has 108 valence electrons. The molecule has 0 amide bonds. The summed E-state index contributed by atoms with van der Waals surface area (Å²) in [7, 11) is 1.90. The number of hydrogen-bond donors (Lipinski definition) is 1. The summed E-state index contributed by atoms with van der Waals surface area (Å²) in [4.78, 5) is 11.6. The predicted octanol–water partition coefficient (Wildman–Crippen LogP) is 3.23. The van der Waals surface area contributed by atoms with Crippen molar-refractivity contribution in [2.24, 2.45) is 0 Å². The van der Waals surface area contributed by atoms with Gasteiger partial charge < -0.3 is 5.32 Å². The Balaban J connectivity index is 2.67. The van der Waals surface area contributed by atoms with Crippen LogP contribution in [0.15, 0.2) is 6.07 Å². The number of aromatic nitrogens is 2. The van der Waals surface area contributed by atoms with Gasteiger partial charge in [0, 0.05) is 18.8 Å². The third kappa shape index (κ3) is 6.01. The predicted molar refractivity (Wildman–Crippen MR) is 81.4 cm³/mol. The van der Waals surface area contributed by atoms with Gasteiger partial charge in [-0.3, -0.25) is 4.90 Å². The molecule has 4 nitrogen and oxygen atoms in total. The first kappa shape index (κ1) is 15.9. The second-order valence-corrected chi connectivity index (χ2v) is 5.04. The molecule has 19 heavy (non-hydrogen) atoms. The Bertz CT molecular complexity index is 357. The Labute approximate surface area is 117 Å². The van der Waals surface area contributed by atoms with Gasteiger partial charge in [-0.2, -0.15) is 0 Å². The van der Waals surface area contributed by atoms with Crippen molar-refractivity contribution >= 4 is 5.82 Å². The standard InChI is InChI=1S/C15H28N4/c1-5-7-9-19(10-8-6-2)12-15-17-13(3)11-14(16-4)18-15/h11H,5-10,12H2,1-4H3,(H,16,17,18). The number of rotatable bonds is 9. The molecule has 0 unspecified atom stereocenters. The highest BCUT2D eigenvalue weighted by atomic mass is 15.1. The van der Waals surface area contributed by atoms with Crippen LogP contribution in [0.25, 0.3) is 0 Å². The third-order valence-corrected chi connectivity index (χ3v) is 3.18. The van der Waals surface area contributed by atoms with Crippen molar-refractivity contribution in [2.45, 2.75) is 53.0 Å². The van der Waals surface area contributed by atoms with E-state index >= 15 is 0 Å². The van der Waals surface area contributed by atoms with Crippen molar-refractivity contribution in [2.75, 3.05) is 25.5 Å². The summed E-state index contributed by atoms with van der Waals surface area (Å²) < 4.78 is 0. The molecule has 0 saturated carbocycles. The maximum Gasteiger partial charge on any atom is 0.144 e. The molecule has 0 aliphatic heterocycles. The number of aryl methyl sites for hydroxylation is 1. The van der Waals surface area contributed by atoms with Crippen LogP contribution < -0.4 is 5.32 Å². The molecular weight excluding hydrogens is 236 g/mol. The van der Waals surface area contributed by atoms with Gasteiger partial charge in [-0.1, -0.05) is 26.7 Å². The van der Waals surface area contributed by atoms with Crippen LogP contribution in [0.2, 0.25) is 0 Å². The monoisotopic (exact) mass is 264 g/mol. The van der Waals surface area contributed by atoms with E-state index in [9.17, 15) is 0 Å². The van der Waals surface area contributed by atoms with Gasteiger partial charge in [0.2, 0.25) is 0 Å². The molecule has 0 fully saturated rings. The van der Waals surface area contributed by atoms with Gasteiger partial charge >= 0.3 is 0 Å². The summed E-state index contributed by atoms with van der Waals surface area (Å²) in [6, 6.07) is 1.98. The molecule has 0 spiro atoms. The van der Waals surface area contributed by atoms with Gasteiger partial charge in [-0.15, -0.1) is 0 Å². The lowest BCUT2D eigenvalue weighted by molar-refractivity contribution is 0.251. The summed E-state index contributed by atoms with van der Waals surface area (Å²) in [6.07, 6.45) is 4.96. The van der Waals surface area contributed by atoms with Crippen molar-refractivity contribution in [1.82, 2.24) is 14.9 Å². The first-order chi connectivity index (χ1) is 9.19. The number of hydrogen-bond acceptors (Lipinski definition) is 4. The van der Waals surface area contributed by atoms with E-state index in [2.05, 4.69) is 34.0 Å². The normalized spacial score (nSPS) is 11.0. The fourth-order valence-corrected chi connectivity index (χ4v) is 2.06. The smallest absolute Gasteiger partial charge is 0.144 e. The minimum atomic E-state index is 0.857. The largest absolute Gasteiger partial charge is 0.373 e. The van der Waals surface area contributed by atoms with E-state index in [4.69, 9.17) is 0 Å². The maximum absolute atomic E-state index is 4.54. The van der Waals surface area contributed by atoms with Crippen LogP contribution >= 0.6 is 0 Å². The van der Waals surface area contributed by atoms with Crippen molar-refractivity contribution in [3.8, 4) is 0 Å². The van der Waals surface area contributed by atoms with Crippen molar-refractivity contribution < 1.29 is 0 Å². The molecule has 1 aromatic rings. The van der Waals surface area contributed by atoms with E-state index in [1.54, 1.807) is 0 Å². The van der Waals surface area contributed by atoms with Crippen molar-refractivity contribution in [3.63, 3.8) is 0 Å². The highest BCUT2D eigenvalue weighted by Crippen LogP contribution is 2.09. The van der Waals surface area contributed by atoms with Crippen LogP contribution in [0.4, 0.5) is 5.82 Å². The molecule has 0 aliphatic rings.